The Balaban J connectivity index is 0. The van der Waals surface area contributed by atoms with Crippen molar-refractivity contribution in [2.45, 2.75) is 107 Å². The topological polar surface area (TPSA) is 51.4 Å². The Bertz CT molecular complexity index is 576. The number of hydrogen-bond donors (Lipinski definition) is 1. The number of nitrogens with two attached hydrogens (primary N) is 1. The van der Waals surface area contributed by atoms with Gasteiger partial charge in [0.15, 0.2) is 0 Å². The van der Waals surface area contributed by atoms with Gasteiger partial charge in [-0.1, -0.05) is 40.5 Å². The molecule has 0 fully saturated rings. The van der Waals surface area contributed by atoms with Gasteiger partial charge in [0.1, 0.15) is 0 Å². The number of pyridine rings is 1. The van der Waals surface area contributed by atoms with Crippen molar-refractivity contribution in [3.63, 3.8) is 0 Å². The van der Waals surface area contributed by atoms with E-state index >= 15 is 0 Å². The Labute approximate surface area is 198 Å². The summed E-state index contributed by atoms with van der Waals surface area (Å²) in [7, 11) is 3.76. The van der Waals surface area contributed by atoms with E-state index in [9.17, 15) is 0 Å². The molecule has 0 aliphatic rings. The third-order valence-corrected chi connectivity index (χ3v) is 18.4. The molecule has 0 aliphatic carbocycles. The molecule has 0 radical (unpaired) electrons. The fraction of sp³-hybridized carbons (Fsp3) is 0.731. The Morgan fingerprint density at radius 3 is 1.97 bits per heavy atom. The Morgan fingerprint density at radius 2 is 1.58 bits per heavy atom. The second-order valence-electron chi connectivity index (χ2n) is 8.43. The SMILES string of the molecule is CC.CCCC.CCC[CH2][Sn]([CH3])([CH2]CCC)[c]1cnc(CN(C)/C=C(/C)N)c(OC)c1. The van der Waals surface area contributed by atoms with Crippen molar-refractivity contribution in [1.82, 2.24) is 9.88 Å². The average molecular weight is 542 g/mol. The molecular weight excluding hydrogens is 489 g/mol. The number of allylic oxidation sites excluding steroid dienone is 1. The molecule has 1 aromatic rings. The van der Waals surface area contributed by atoms with Gasteiger partial charge in [-0.25, -0.2) is 0 Å². The molecular formula is C26H53N3OSn. The average Bonchev–Trinajstić information content (AvgIpc) is 2.77. The summed E-state index contributed by atoms with van der Waals surface area (Å²) >= 11 is -2.34. The monoisotopic (exact) mass is 543 g/mol. The van der Waals surface area contributed by atoms with E-state index in [1.807, 2.05) is 34.0 Å². The summed E-state index contributed by atoms with van der Waals surface area (Å²) in [6.45, 7) is 15.5. The van der Waals surface area contributed by atoms with E-state index in [0.29, 0.717) is 6.54 Å². The van der Waals surface area contributed by atoms with E-state index in [-0.39, 0.29) is 0 Å². The van der Waals surface area contributed by atoms with Crippen LogP contribution in [0.3, 0.4) is 0 Å². The van der Waals surface area contributed by atoms with Crippen LogP contribution in [-0.4, -0.2) is 42.4 Å². The first-order chi connectivity index (χ1) is 14.8. The van der Waals surface area contributed by atoms with Gasteiger partial charge in [0.2, 0.25) is 0 Å². The van der Waals surface area contributed by atoms with Gasteiger partial charge in [-0.05, 0) is 0 Å². The van der Waals surface area contributed by atoms with Crippen LogP contribution in [0, 0.1) is 0 Å². The van der Waals surface area contributed by atoms with Crippen LogP contribution in [0.2, 0.25) is 13.8 Å². The van der Waals surface area contributed by atoms with E-state index in [1.165, 1.54) is 51.0 Å². The molecule has 1 aromatic heterocycles. The van der Waals surface area contributed by atoms with Gasteiger partial charge in [-0.3, -0.25) is 0 Å². The van der Waals surface area contributed by atoms with Gasteiger partial charge in [-0.15, -0.1) is 0 Å². The normalized spacial score (nSPS) is 11.1. The van der Waals surface area contributed by atoms with Crippen molar-refractivity contribution < 1.29 is 4.74 Å². The maximum atomic E-state index is 5.77. The summed E-state index contributed by atoms with van der Waals surface area (Å²) in [5.41, 5.74) is 7.54. The molecule has 0 amide bonds. The van der Waals surface area contributed by atoms with E-state index in [2.05, 4.69) is 49.8 Å². The molecule has 0 saturated carbocycles. The van der Waals surface area contributed by atoms with Gasteiger partial charge in [0, 0.05) is 0 Å². The first-order valence-corrected chi connectivity index (χ1v) is 20.8. The van der Waals surface area contributed by atoms with Gasteiger partial charge in [-0.2, -0.15) is 0 Å². The molecule has 2 N–H and O–H groups in total. The van der Waals surface area contributed by atoms with Crippen molar-refractivity contribution >= 4 is 22.0 Å². The first kappa shape index (κ1) is 32.3. The van der Waals surface area contributed by atoms with Crippen LogP contribution in [0.5, 0.6) is 5.75 Å². The summed E-state index contributed by atoms with van der Waals surface area (Å²) in [6.07, 6.45) is 11.9. The first-order valence-electron chi connectivity index (χ1n) is 12.4. The molecule has 31 heavy (non-hydrogen) atoms. The third-order valence-electron chi connectivity index (χ3n) is 5.33. The molecule has 0 aromatic carbocycles. The number of aromatic nitrogens is 1. The third kappa shape index (κ3) is 14.0. The van der Waals surface area contributed by atoms with Crippen LogP contribution in [0.1, 0.15) is 92.7 Å². The van der Waals surface area contributed by atoms with E-state index in [0.717, 1.165) is 17.1 Å². The molecule has 1 heterocycles. The van der Waals surface area contributed by atoms with E-state index in [1.54, 1.807) is 7.11 Å². The summed E-state index contributed by atoms with van der Waals surface area (Å²) in [5, 5.41) is 0. The Hall–Kier alpha value is -0.911. The number of hydrogen-bond acceptors (Lipinski definition) is 4. The van der Waals surface area contributed by atoms with Crippen LogP contribution < -0.4 is 14.0 Å². The standard InChI is InChI=1S/C11H16N3O.C4H10.2C4H9.C2H6.CH3.Sn/c1-9(12)7-14(2)8-10-11(15-3)5-4-6-13-10;3*1-3-4-2;1-2;;/h5-7H,8,12H2,1-3H3;3-4H2,1-2H3;2*1,3-4H2,2H3;1-2H3;1H3;/b9-7-;;;;;;. The van der Waals surface area contributed by atoms with Gasteiger partial charge >= 0.3 is 159 Å². The van der Waals surface area contributed by atoms with Crippen LogP contribution in [0.15, 0.2) is 24.2 Å². The second-order valence-corrected chi connectivity index (χ2v) is 21.8. The molecule has 0 atom stereocenters. The minimum atomic E-state index is -2.34. The van der Waals surface area contributed by atoms with Crippen molar-refractivity contribution in [2.24, 2.45) is 5.73 Å². The summed E-state index contributed by atoms with van der Waals surface area (Å²) in [6, 6.07) is 2.29. The molecule has 0 bridgehead atoms. The van der Waals surface area contributed by atoms with E-state index in [4.69, 9.17) is 15.5 Å². The van der Waals surface area contributed by atoms with Crippen LogP contribution in [0.4, 0.5) is 0 Å². The van der Waals surface area contributed by atoms with Crippen LogP contribution in [0.25, 0.3) is 0 Å². The summed E-state index contributed by atoms with van der Waals surface area (Å²) in [5.74, 6) is 0.920. The Kier molecular flexibility index (Phi) is 20.6. The van der Waals surface area contributed by atoms with Crippen LogP contribution in [-0.2, 0) is 6.54 Å². The second kappa shape index (κ2) is 19.7. The molecule has 4 nitrogen and oxygen atoms in total. The van der Waals surface area contributed by atoms with Gasteiger partial charge in [0.25, 0.3) is 0 Å². The van der Waals surface area contributed by atoms with Gasteiger partial charge in [0.05, 0.1) is 0 Å². The van der Waals surface area contributed by atoms with Crippen molar-refractivity contribution in [1.29, 1.82) is 0 Å². The predicted molar refractivity (Wildman–Crippen MR) is 143 cm³/mol. The van der Waals surface area contributed by atoms with Crippen molar-refractivity contribution in [2.75, 3.05) is 14.2 Å². The summed E-state index contributed by atoms with van der Waals surface area (Å²) < 4.78 is 10.0. The molecule has 0 spiro atoms. The molecule has 0 saturated heterocycles. The van der Waals surface area contributed by atoms with Gasteiger partial charge < -0.3 is 0 Å². The quantitative estimate of drug-likeness (QED) is 0.288. The fourth-order valence-corrected chi connectivity index (χ4v) is 14.6. The predicted octanol–water partition coefficient (Wildman–Crippen LogP) is 7.06. The number of unbranched alkanes of at least 4 members (excludes halogenated alkanes) is 3. The maximum absolute atomic E-state index is 5.77. The number of ether oxygens (including phenoxy) is 1. The zero-order valence-corrected chi connectivity index (χ0v) is 25.3. The minimum absolute atomic E-state index is 0.703. The number of methoxy groups -OCH3 is 1. The Morgan fingerprint density at radius 1 is 1.06 bits per heavy atom. The zero-order chi connectivity index (χ0) is 24.3. The molecule has 1 rings (SSSR count). The zero-order valence-electron chi connectivity index (χ0n) is 22.5. The van der Waals surface area contributed by atoms with E-state index < -0.39 is 18.4 Å². The molecule has 182 valence electrons. The number of nitrogens with zero attached hydrogens (tertiary/aromatic N) is 2. The molecule has 0 aliphatic heterocycles. The number of rotatable bonds is 12. The molecule has 5 heteroatoms. The van der Waals surface area contributed by atoms with Crippen molar-refractivity contribution in [3.05, 3.63) is 29.9 Å². The van der Waals surface area contributed by atoms with Crippen LogP contribution >= 0.6 is 0 Å². The molecule has 0 unspecified atom stereocenters. The summed E-state index contributed by atoms with van der Waals surface area (Å²) in [4.78, 5) is 9.43. The fourth-order valence-electron chi connectivity index (χ4n) is 3.28. The van der Waals surface area contributed by atoms with Crippen molar-refractivity contribution in [3.8, 4) is 5.75 Å².